The molecule has 0 aliphatic rings. The normalized spacial score (nSPS) is 14.3. The number of hydrogen-bond donors (Lipinski definition) is 1. The fraction of sp³-hybridized carbons (Fsp3) is 0.364. The van der Waals surface area contributed by atoms with Crippen LogP contribution in [0, 0.1) is 0 Å². The molecule has 0 heterocycles. The maximum absolute atomic E-state index is 13.6. The van der Waals surface area contributed by atoms with E-state index in [0.717, 1.165) is 0 Å². The summed E-state index contributed by atoms with van der Waals surface area (Å²) in [6.07, 6.45) is 0.423. The molecule has 0 bridgehead atoms. The van der Waals surface area contributed by atoms with Crippen LogP contribution in [0.15, 0.2) is 72.6 Å². The molecule has 1 atom stereocenters. The first-order valence-electron chi connectivity index (χ1n) is 9.07. The molecule has 0 spiro atoms. The summed E-state index contributed by atoms with van der Waals surface area (Å²) in [6, 6.07) is 20.6. The van der Waals surface area contributed by atoms with Gasteiger partial charge in [-0.2, -0.15) is 0 Å². The van der Waals surface area contributed by atoms with Crippen LogP contribution in [0.5, 0.6) is 0 Å². The molecular formula is C22H29FO2Si. The van der Waals surface area contributed by atoms with E-state index in [1.165, 1.54) is 16.4 Å². The SMILES string of the molecule is C/C=C(/F)C(O)CCO[Si](c1ccccc1)(c1ccccc1)C(C)(C)C. The predicted molar refractivity (Wildman–Crippen MR) is 109 cm³/mol. The Labute approximate surface area is 157 Å². The third kappa shape index (κ3) is 4.31. The molecule has 4 heteroatoms. The number of halogens is 1. The van der Waals surface area contributed by atoms with Crippen LogP contribution in [0.1, 0.15) is 34.1 Å². The highest BCUT2D eigenvalue weighted by atomic mass is 28.4. The van der Waals surface area contributed by atoms with Crippen molar-refractivity contribution in [2.24, 2.45) is 0 Å². The first-order valence-corrected chi connectivity index (χ1v) is 11.0. The molecule has 0 aliphatic carbocycles. The zero-order chi connectivity index (χ0) is 19.2. The van der Waals surface area contributed by atoms with Gasteiger partial charge in [0.25, 0.3) is 8.32 Å². The van der Waals surface area contributed by atoms with E-state index in [0.29, 0.717) is 6.61 Å². The van der Waals surface area contributed by atoms with Crippen LogP contribution in [-0.2, 0) is 4.43 Å². The molecule has 1 N–H and O–H groups in total. The summed E-state index contributed by atoms with van der Waals surface area (Å²) < 4.78 is 20.2. The van der Waals surface area contributed by atoms with Crippen LogP contribution in [0.3, 0.4) is 0 Å². The smallest absolute Gasteiger partial charge is 0.261 e. The fourth-order valence-electron chi connectivity index (χ4n) is 3.42. The Morgan fingerprint density at radius 2 is 1.50 bits per heavy atom. The lowest BCUT2D eigenvalue weighted by Gasteiger charge is -2.43. The third-order valence-corrected chi connectivity index (χ3v) is 9.76. The largest absolute Gasteiger partial charge is 0.407 e. The van der Waals surface area contributed by atoms with E-state index < -0.39 is 20.2 Å². The number of rotatable bonds is 7. The molecule has 2 aromatic rings. The summed E-state index contributed by atoms with van der Waals surface area (Å²) in [4.78, 5) is 0. The number of hydrogen-bond acceptors (Lipinski definition) is 2. The summed E-state index contributed by atoms with van der Waals surface area (Å²) in [7, 11) is -2.61. The number of benzene rings is 2. The van der Waals surface area contributed by atoms with E-state index >= 15 is 0 Å². The number of aliphatic hydroxyl groups excluding tert-OH is 1. The maximum Gasteiger partial charge on any atom is 0.261 e. The molecule has 0 fully saturated rings. The first-order chi connectivity index (χ1) is 12.3. The van der Waals surface area contributed by atoms with Crippen molar-refractivity contribution in [3.05, 3.63) is 72.6 Å². The van der Waals surface area contributed by atoms with Gasteiger partial charge in [0.05, 0.1) is 0 Å². The molecule has 0 aromatic heterocycles. The molecule has 26 heavy (non-hydrogen) atoms. The van der Waals surface area contributed by atoms with Crippen LogP contribution < -0.4 is 10.4 Å². The standard InChI is InChI=1S/C22H29FO2Si/c1-5-20(23)21(24)16-17-25-26(22(2,3)4,18-12-8-6-9-13-18)19-14-10-7-11-15-19/h5-15,21,24H,16-17H2,1-4H3/b20-5+. The van der Waals surface area contributed by atoms with Gasteiger partial charge in [0, 0.05) is 13.0 Å². The maximum atomic E-state index is 13.6. The predicted octanol–water partition coefficient (Wildman–Crippen LogP) is 4.19. The first kappa shape index (κ1) is 20.6. The van der Waals surface area contributed by atoms with Gasteiger partial charge in [0.1, 0.15) is 11.9 Å². The zero-order valence-corrected chi connectivity index (χ0v) is 17.1. The van der Waals surface area contributed by atoms with Gasteiger partial charge in [-0.3, -0.25) is 0 Å². The van der Waals surface area contributed by atoms with Gasteiger partial charge in [-0.15, -0.1) is 0 Å². The zero-order valence-electron chi connectivity index (χ0n) is 16.1. The molecular weight excluding hydrogens is 343 g/mol. The van der Waals surface area contributed by atoms with E-state index in [2.05, 4.69) is 45.0 Å². The number of allylic oxidation sites excluding steroid dienone is 1. The summed E-state index contributed by atoms with van der Waals surface area (Å²) in [5.41, 5.74) is 0. The van der Waals surface area contributed by atoms with E-state index in [9.17, 15) is 9.50 Å². The van der Waals surface area contributed by atoms with Gasteiger partial charge in [0.2, 0.25) is 0 Å². The average molecular weight is 373 g/mol. The van der Waals surface area contributed by atoms with Crippen molar-refractivity contribution in [2.75, 3.05) is 6.61 Å². The topological polar surface area (TPSA) is 29.5 Å². The molecule has 0 aliphatic heterocycles. The summed E-state index contributed by atoms with van der Waals surface area (Å²) in [5.74, 6) is -0.504. The third-order valence-electron chi connectivity index (χ3n) is 4.72. The summed E-state index contributed by atoms with van der Waals surface area (Å²) in [5, 5.41) is 12.2. The van der Waals surface area contributed by atoms with Gasteiger partial charge in [-0.1, -0.05) is 87.5 Å². The highest BCUT2D eigenvalue weighted by molar-refractivity contribution is 6.99. The summed E-state index contributed by atoms with van der Waals surface area (Å²) in [6.45, 7) is 8.48. The van der Waals surface area contributed by atoms with Crippen molar-refractivity contribution < 1.29 is 13.9 Å². The van der Waals surface area contributed by atoms with Crippen LogP contribution in [-0.4, -0.2) is 26.1 Å². The van der Waals surface area contributed by atoms with Crippen molar-refractivity contribution in [1.82, 2.24) is 0 Å². The van der Waals surface area contributed by atoms with Gasteiger partial charge < -0.3 is 9.53 Å². The monoisotopic (exact) mass is 372 g/mol. The average Bonchev–Trinajstić information content (AvgIpc) is 2.64. The minimum atomic E-state index is -2.61. The molecule has 140 valence electrons. The molecule has 0 saturated carbocycles. The Bertz CT molecular complexity index is 668. The van der Waals surface area contributed by atoms with Crippen molar-refractivity contribution in [2.45, 2.75) is 45.3 Å². The number of aliphatic hydroxyl groups is 1. The van der Waals surface area contributed by atoms with Gasteiger partial charge in [-0.25, -0.2) is 4.39 Å². The molecule has 2 aromatic carbocycles. The Morgan fingerprint density at radius 3 is 1.88 bits per heavy atom. The van der Waals surface area contributed by atoms with E-state index in [1.54, 1.807) is 6.92 Å². The van der Waals surface area contributed by atoms with Crippen molar-refractivity contribution in [3.8, 4) is 0 Å². The van der Waals surface area contributed by atoms with Crippen LogP contribution in [0.4, 0.5) is 4.39 Å². The Morgan fingerprint density at radius 1 is 1.04 bits per heavy atom. The fourth-order valence-corrected chi connectivity index (χ4v) is 8.00. The second-order valence-electron chi connectivity index (χ2n) is 7.49. The molecule has 0 radical (unpaired) electrons. The molecule has 1 unspecified atom stereocenters. The van der Waals surface area contributed by atoms with Crippen molar-refractivity contribution in [3.63, 3.8) is 0 Å². The van der Waals surface area contributed by atoms with Crippen molar-refractivity contribution in [1.29, 1.82) is 0 Å². The lowest BCUT2D eigenvalue weighted by Crippen LogP contribution is -2.66. The van der Waals surface area contributed by atoms with Gasteiger partial charge in [0.15, 0.2) is 0 Å². The molecule has 2 rings (SSSR count). The van der Waals surface area contributed by atoms with E-state index in [1.807, 2.05) is 36.4 Å². The lowest BCUT2D eigenvalue weighted by molar-refractivity contribution is 0.144. The summed E-state index contributed by atoms with van der Waals surface area (Å²) >= 11 is 0. The molecule has 0 saturated heterocycles. The second kappa shape index (κ2) is 8.76. The van der Waals surface area contributed by atoms with E-state index in [-0.39, 0.29) is 11.5 Å². The van der Waals surface area contributed by atoms with Crippen LogP contribution in [0.25, 0.3) is 0 Å². The lowest BCUT2D eigenvalue weighted by atomic mass is 10.2. The van der Waals surface area contributed by atoms with Crippen molar-refractivity contribution >= 4 is 18.7 Å². The molecule has 2 nitrogen and oxygen atoms in total. The van der Waals surface area contributed by atoms with Gasteiger partial charge >= 0.3 is 0 Å². The highest BCUT2D eigenvalue weighted by Crippen LogP contribution is 2.36. The van der Waals surface area contributed by atoms with Gasteiger partial charge in [-0.05, 0) is 22.3 Å². The van der Waals surface area contributed by atoms with Crippen LogP contribution in [0.2, 0.25) is 5.04 Å². The van der Waals surface area contributed by atoms with E-state index in [4.69, 9.17) is 4.43 Å². The molecule has 0 amide bonds. The Hall–Kier alpha value is -1.75. The van der Waals surface area contributed by atoms with Crippen LogP contribution >= 0.6 is 0 Å². The second-order valence-corrected chi connectivity index (χ2v) is 11.8. The Kier molecular flexibility index (Phi) is 6.92. The Balaban J connectivity index is 2.44. The quantitative estimate of drug-likeness (QED) is 0.739. The minimum absolute atomic E-state index is 0.125. The highest BCUT2D eigenvalue weighted by Gasteiger charge is 2.50. The minimum Gasteiger partial charge on any atom is -0.407 e.